The lowest BCUT2D eigenvalue weighted by Crippen LogP contribution is -2.31. The van der Waals surface area contributed by atoms with Gasteiger partial charge in [0.25, 0.3) is 5.69 Å². The molecule has 0 heterocycles. The van der Waals surface area contributed by atoms with Crippen LogP contribution >= 0.6 is 11.6 Å². The van der Waals surface area contributed by atoms with Gasteiger partial charge in [-0.25, -0.2) is 0 Å². The number of hydrogen-bond donors (Lipinski definition) is 1. The molecule has 0 atom stereocenters. The van der Waals surface area contributed by atoms with Crippen LogP contribution in [-0.4, -0.2) is 28.4 Å². The Balaban J connectivity index is 3.32. The average Bonchev–Trinajstić information content (AvgIpc) is 2.44. The summed E-state index contributed by atoms with van der Waals surface area (Å²) >= 11 is 5.73. The lowest BCUT2D eigenvalue weighted by molar-refractivity contribution is -0.384. The highest BCUT2D eigenvalue weighted by atomic mass is 35.5. The molecule has 0 spiro atoms. The molecule has 1 aromatic carbocycles. The molecule has 0 saturated heterocycles. The number of rotatable bonds is 7. The molecule has 0 saturated carbocycles. The van der Waals surface area contributed by atoms with Gasteiger partial charge in [-0.3, -0.25) is 10.1 Å². The smallest absolute Gasteiger partial charge is 0.293 e. The highest BCUT2D eigenvalue weighted by Crippen LogP contribution is 2.31. The van der Waals surface area contributed by atoms with Crippen molar-refractivity contribution in [1.82, 2.24) is 0 Å². The maximum Gasteiger partial charge on any atom is 0.293 e. The van der Waals surface area contributed by atoms with Crippen LogP contribution in [0.1, 0.15) is 33.3 Å². The van der Waals surface area contributed by atoms with Crippen molar-refractivity contribution in [3.8, 4) is 0 Å². The molecule has 0 aliphatic rings. The van der Waals surface area contributed by atoms with Gasteiger partial charge in [-0.05, 0) is 24.0 Å². The van der Waals surface area contributed by atoms with E-state index in [0.29, 0.717) is 23.1 Å². The Labute approximate surface area is 135 Å². The second-order valence-electron chi connectivity index (χ2n) is 6.04. The molecule has 0 aliphatic carbocycles. The van der Waals surface area contributed by atoms with E-state index in [2.05, 4.69) is 32.9 Å². The summed E-state index contributed by atoms with van der Waals surface area (Å²) in [6, 6.07) is 4.62. The van der Waals surface area contributed by atoms with Crippen molar-refractivity contribution in [2.45, 2.75) is 27.7 Å². The molecule has 0 radical (unpaired) electrons. The lowest BCUT2D eigenvalue weighted by Gasteiger charge is -2.28. The lowest BCUT2D eigenvalue weighted by atomic mass is 10.1. The zero-order chi connectivity index (χ0) is 16.9. The van der Waals surface area contributed by atoms with E-state index in [1.54, 1.807) is 12.1 Å². The number of hydrogen-bond acceptors (Lipinski definition) is 5. The van der Waals surface area contributed by atoms with Crippen molar-refractivity contribution in [2.24, 2.45) is 17.0 Å². The van der Waals surface area contributed by atoms with Crippen LogP contribution < -0.4 is 4.90 Å². The second-order valence-corrected chi connectivity index (χ2v) is 6.40. The number of oxime groups is 1. The molecule has 122 valence electrons. The zero-order valence-electron chi connectivity index (χ0n) is 13.3. The summed E-state index contributed by atoms with van der Waals surface area (Å²) in [5, 5.41) is 22.8. The summed E-state index contributed by atoms with van der Waals surface area (Å²) in [6.45, 7) is 9.73. The van der Waals surface area contributed by atoms with Crippen molar-refractivity contribution >= 4 is 28.1 Å². The van der Waals surface area contributed by atoms with E-state index in [0.717, 1.165) is 13.1 Å². The van der Waals surface area contributed by atoms with E-state index >= 15 is 0 Å². The quantitative estimate of drug-likeness (QED) is 0.354. The van der Waals surface area contributed by atoms with Crippen LogP contribution in [0.15, 0.2) is 23.4 Å². The summed E-state index contributed by atoms with van der Waals surface area (Å²) < 4.78 is 0. The maximum atomic E-state index is 11.4. The SMILES string of the molecule is CC(C)CN(CC(C)C)c1ccc(C(Cl)=NO)cc1[N+](=O)[O-]. The average molecular weight is 328 g/mol. The highest BCUT2D eigenvalue weighted by molar-refractivity contribution is 6.69. The number of anilines is 1. The van der Waals surface area contributed by atoms with Gasteiger partial charge in [0.05, 0.1) is 4.92 Å². The molecule has 0 aliphatic heterocycles. The Morgan fingerprint density at radius 2 is 1.86 bits per heavy atom. The summed E-state index contributed by atoms with van der Waals surface area (Å²) in [5.74, 6) is 0.751. The van der Waals surface area contributed by atoms with E-state index in [1.807, 2.05) is 4.90 Å². The van der Waals surface area contributed by atoms with Gasteiger partial charge in [-0.1, -0.05) is 44.5 Å². The third-order valence-electron chi connectivity index (χ3n) is 3.01. The van der Waals surface area contributed by atoms with Gasteiger partial charge in [0.15, 0.2) is 5.17 Å². The third kappa shape index (κ3) is 4.87. The predicted octanol–water partition coefficient (Wildman–Crippen LogP) is 4.09. The van der Waals surface area contributed by atoms with Crippen LogP contribution in [0, 0.1) is 22.0 Å². The molecule has 0 bridgehead atoms. The Kier molecular flexibility index (Phi) is 6.61. The van der Waals surface area contributed by atoms with Gasteiger partial charge in [-0.15, -0.1) is 0 Å². The molecule has 0 amide bonds. The molecule has 6 nitrogen and oxygen atoms in total. The van der Waals surface area contributed by atoms with Crippen LogP contribution in [0.5, 0.6) is 0 Å². The Bertz CT molecular complexity index is 549. The highest BCUT2D eigenvalue weighted by Gasteiger charge is 2.22. The normalized spacial score (nSPS) is 12.0. The van der Waals surface area contributed by atoms with Crippen LogP contribution in [0.4, 0.5) is 11.4 Å². The molecule has 0 fully saturated rings. The molecule has 0 aromatic heterocycles. The van der Waals surface area contributed by atoms with Gasteiger partial charge in [0.2, 0.25) is 0 Å². The fourth-order valence-electron chi connectivity index (χ4n) is 2.28. The van der Waals surface area contributed by atoms with Gasteiger partial charge in [-0.2, -0.15) is 0 Å². The van der Waals surface area contributed by atoms with Crippen molar-refractivity contribution in [1.29, 1.82) is 0 Å². The molecule has 1 aromatic rings. The topological polar surface area (TPSA) is 79.0 Å². The number of nitrogens with zero attached hydrogens (tertiary/aromatic N) is 3. The number of halogens is 1. The van der Waals surface area contributed by atoms with Gasteiger partial charge in [0, 0.05) is 24.7 Å². The van der Waals surface area contributed by atoms with E-state index in [1.165, 1.54) is 6.07 Å². The van der Waals surface area contributed by atoms with Crippen LogP contribution in [-0.2, 0) is 0 Å². The van der Waals surface area contributed by atoms with E-state index in [9.17, 15) is 10.1 Å². The molecular weight excluding hydrogens is 306 g/mol. The Morgan fingerprint density at radius 3 is 2.27 bits per heavy atom. The van der Waals surface area contributed by atoms with Crippen molar-refractivity contribution < 1.29 is 10.1 Å². The first-order valence-electron chi connectivity index (χ1n) is 7.17. The van der Waals surface area contributed by atoms with Gasteiger partial charge >= 0.3 is 0 Å². The van der Waals surface area contributed by atoms with Crippen molar-refractivity contribution in [3.05, 3.63) is 33.9 Å². The molecule has 1 N–H and O–H groups in total. The van der Waals surface area contributed by atoms with Gasteiger partial charge in [0.1, 0.15) is 5.69 Å². The van der Waals surface area contributed by atoms with Crippen LogP contribution in [0.3, 0.4) is 0 Å². The minimum absolute atomic E-state index is 0.0411. The fourth-order valence-corrected chi connectivity index (χ4v) is 2.39. The Hall–Kier alpha value is -1.82. The van der Waals surface area contributed by atoms with E-state index < -0.39 is 4.92 Å². The first-order valence-corrected chi connectivity index (χ1v) is 7.55. The second kappa shape index (κ2) is 7.98. The maximum absolute atomic E-state index is 11.4. The zero-order valence-corrected chi connectivity index (χ0v) is 14.0. The monoisotopic (exact) mass is 327 g/mol. The summed E-state index contributed by atoms with van der Waals surface area (Å²) in [6.07, 6.45) is 0. The van der Waals surface area contributed by atoms with Crippen molar-refractivity contribution in [3.63, 3.8) is 0 Å². The third-order valence-corrected chi connectivity index (χ3v) is 3.30. The predicted molar refractivity (Wildman–Crippen MR) is 89.2 cm³/mol. The van der Waals surface area contributed by atoms with Crippen LogP contribution in [0.25, 0.3) is 0 Å². The summed E-state index contributed by atoms with van der Waals surface area (Å²) in [7, 11) is 0. The van der Waals surface area contributed by atoms with E-state index in [-0.39, 0.29) is 10.9 Å². The first kappa shape index (κ1) is 18.2. The van der Waals surface area contributed by atoms with Crippen LogP contribution in [0.2, 0.25) is 0 Å². The van der Waals surface area contributed by atoms with E-state index in [4.69, 9.17) is 16.8 Å². The summed E-state index contributed by atoms with van der Waals surface area (Å²) in [4.78, 5) is 13.0. The molecule has 1 rings (SSSR count). The molecular formula is C15H22ClN3O3. The Morgan fingerprint density at radius 1 is 1.32 bits per heavy atom. The minimum atomic E-state index is -0.436. The first-order chi connectivity index (χ1) is 10.3. The largest absolute Gasteiger partial charge is 0.410 e. The van der Waals surface area contributed by atoms with Crippen molar-refractivity contribution in [2.75, 3.05) is 18.0 Å². The number of nitro groups is 1. The molecule has 22 heavy (non-hydrogen) atoms. The number of benzene rings is 1. The fraction of sp³-hybridized carbons (Fsp3) is 0.533. The minimum Gasteiger partial charge on any atom is -0.410 e. The summed E-state index contributed by atoms with van der Waals surface area (Å²) in [5.41, 5.74) is 0.827. The number of nitro benzene ring substituents is 1. The van der Waals surface area contributed by atoms with Gasteiger partial charge < -0.3 is 10.1 Å². The standard InChI is InChI=1S/C15H22ClN3O3/c1-10(2)8-18(9-11(3)4)13-6-5-12(15(16)17-20)7-14(13)19(21)22/h5-7,10-11,20H,8-9H2,1-4H3. The molecule has 7 heteroatoms. The molecule has 0 unspecified atom stereocenters.